The Morgan fingerprint density at radius 3 is 2.42 bits per heavy atom. The van der Waals surface area contributed by atoms with Crippen molar-refractivity contribution in [2.45, 2.75) is 51.8 Å². The lowest BCUT2D eigenvalue weighted by Gasteiger charge is -2.29. The molecular formula is C30H30N4O4. The van der Waals surface area contributed by atoms with Crippen LogP contribution in [0.1, 0.15) is 38.4 Å². The van der Waals surface area contributed by atoms with Crippen LogP contribution in [0, 0.1) is 0 Å². The molecule has 2 aromatic heterocycles. The van der Waals surface area contributed by atoms with Gasteiger partial charge >= 0.3 is 6.09 Å². The number of imide groups is 1. The van der Waals surface area contributed by atoms with Gasteiger partial charge in [-0.1, -0.05) is 36.4 Å². The first-order valence-electron chi connectivity index (χ1n) is 12.9. The maximum Gasteiger partial charge on any atom is 0.407 e. The minimum atomic E-state index is -0.581. The zero-order valence-electron chi connectivity index (χ0n) is 21.9. The number of fused-ring (bicyclic) bond motifs is 4. The van der Waals surface area contributed by atoms with Crippen LogP contribution >= 0.6 is 0 Å². The molecule has 1 atom stereocenters. The SMILES string of the molecule is Cn1cc(C2=CC(=O)N(c3c4n(c5ccccc35)CC(NC(=O)OC(C)(C)C)CC4)C2=O)c2ccccc21. The summed E-state index contributed by atoms with van der Waals surface area (Å²) >= 11 is 0. The highest BCUT2D eigenvalue weighted by molar-refractivity contribution is 6.45. The summed E-state index contributed by atoms with van der Waals surface area (Å²) < 4.78 is 9.54. The predicted octanol–water partition coefficient (Wildman–Crippen LogP) is 4.93. The van der Waals surface area contributed by atoms with Gasteiger partial charge in [-0.2, -0.15) is 0 Å². The molecule has 0 spiro atoms. The van der Waals surface area contributed by atoms with E-state index < -0.39 is 11.7 Å². The van der Waals surface area contributed by atoms with Gasteiger partial charge in [0.15, 0.2) is 0 Å². The van der Waals surface area contributed by atoms with Crippen LogP contribution in [0.15, 0.2) is 60.8 Å². The van der Waals surface area contributed by atoms with Crippen molar-refractivity contribution >= 4 is 51.0 Å². The number of rotatable bonds is 3. The van der Waals surface area contributed by atoms with Crippen molar-refractivity contribution in [3.63, 3.8) is 0 Å². The maximum absolute atomic E-state index is 13.9. The number of aromatic nitrogens is 2. The van der Waals surface area contributed by atoms with Gasteiger partial charge in [0.05, 0.1) is 22.8 Å². The smallest absolute Gasteiger partial charge is 0.407 e. The number of ether oxygens (including phenoxy) is 1. The zero-order valence-corrected chi connectivity index (χ0v) is 21.9. The molecule has 8 nitrogen and oxygen atoms in total. The van der Waals surface area contributed by atoms with Gasteiger partial charge in [-0.05, 0) is 45.7 Å². The number of benzene rings is 2. The lowest BCUT2D eigenvalue weighted by atomic mass is 10.0. The Morgan fingerprint density at radius 1 is 1.00 bits per heavy atom. The second-order valence-electron chi connectivity index (χ2n) is 11.0. The number of carbonyl (C=O) groups is 3. The molecule has 0 fully saturated rings. The molecule has 2 aliphatic heterocycles. The molecule has 0 saturated heterocycles. The topological polar surface area (TPSA) is 85.6 Å². The van der Waals surface area contributed by atoms with Gasteiger partial charge in [0.25, 0.3) is 11.8 Å². The van der Waals surface area contributed by atoms with E-state index >= 15 is 0 Å². The van der Waals surface area contributed by atoms with Crippen molar-refractivity contribution < 1.29 is 19.1 Å². The van der Waals surface area contributed by atoms with Gasteiger partial charge in [0.1, 0.15) is 5.60 Å². The van der Waals surface area contributed by atoms with Crippen molar-refractivity contribution in [2.24, 2.45) is 7.05 Å². The van der Waals surface area contributed by atoms with E-state index in [0.29, 0.717) is 30.6 Å². The Morgan fingerprint density at radius 2 is 1.68 bits per heavy atom. The van der Waals surface area contributed by atoms with E-state index in [4.69, 9.17) is 4.74 Å². The molecule has 4 heterocycles. The lowest BCUT2D eigenvalue weighted by molar-refractivity contribution is -0.119. The molecule has 0 aliphatic carbocycles. The van der Waals surface area contributed by atoms with Gasteiger partial charge in [-0.3, -0.25) is 9.59 Å². The summed E-state index contributed by atoms with van der Waals surface area (Å²) in [6.07, 6.45) is 4.19. The highest BCUT2D eigenvalue weighted by Crippen LogP contribution is 2.41. The normalized spacial score (nSPS) is 17.7. The average Bonchev–Trinajstić information content (AvgIpc) is 3.46. The van der Waals surface area contributed by atoms with Gasteiger partial charge in [0, 0.05) is 53.4 Å². The highest BCUT2D eigenvalue weighted by atomic mass is 16.6. The number of aryl methyl sites for hydroxylation is 1. The minimum absolute atomic E-state index is 0.129. The van der Waals surface area contributed by atoms with Crippen LogP contribution in [0.25, 0.3) is 27.4 Å². The van der Waals surface area contributed by atoms with E-state index in [2.05, 4.69) is 9.88 Å². The number of nitrogens with one attached hydrogen (secondary N) is 1. The first-order valence-corrected chi connectivity index (χ1v) is 12.9. The Hall–Kier alpha value is -4.33. The summed E-state index contributed by atoms with van der Waals surface area (Å²) in [4.78, 5) is 41.1. The molecule has 194 valence electrons. The first kappa shape index (κ1) is 24.0. The van der Waals surface area contributed by atoms with Crippen LogP contribution in [-0.2, 0) is 34.3 Å². The number of nitrogens with zero attached hydrogens (tertiary/aromatic N) is 3. The zero-order chi connectivity index (χ0) is 26.8. The molecule has 0 saturated carbocycles. The van der Waals surface area contributed by atoms with Crippen LogP contribution in [-0.4, -0.2) is 38.7 Å². The second-order valence-corrected chi connectivity index (χ2v) is 11.0. The molecule has 3 amide bonds. The van der Waals surface area contributed by atoms with Crippen LogP contribution in [0.5, 0.6) is 0 Å². The number of para-hydroxylation sites is 2. The van der Waals surface area contributed by atoms with Crippen LogP contribution in [0.4, 0.5) is 10.5 Å². The number of amides is 3. The molecule has 1 unspecified atom stereocenters. The summed E-state index contributed by atoms with van der Waals surface area (Å²) in [5.41, 5.74) is 4.05. The molecular weight excluding hydrogens is 480 g/mol. The third-order valence-electron chi connectivity index (χ3n) is 7.23. The maximum atomic E-state index is 13.9. The van der Waals surface area contributed by atoms with E-state index in [-0.39, 0.29) is 17.9 Å². The van der Waals surface area contributed by atoms with Crippen molar-refractivity contribution in [1.29, 1.82) is 0 Å². The largest absolute Gasteiger partial charge is 0.444 e. The van der Waals surface area contributed by atoms with E-state index in [0.717, 1.165) is 33.1 Å². The number of alkyl carbamates (subject to hydrolysis) is 1. The fourth-order valence-corrected chi connectivity index (χ4v) is 5.70. The van der Waals surface area contributed by atoms with Crippen molar-refractivity contribution in [1.82, 2.24) is 14.5 Å². The molecule has 4 aromatic rings. The number of carbonyl (C=O) groups excluding carboxylic acids is 3. The van der Waals surface area contributed by atoms with E-state index in [1.807, 2.05) is 87.1 Å². The van der Waals surface area contributed by atoms with Crippen molar-refractivity contribution in [3.8, 4) is 0 Å². The van der Waals surface area contributed by atoms with Gasteiger partial charge in [0.2, 0.25) is 0 Å². The van der Waals surface area contributed by atoms with E-state index in [1.165, 1.54) is 11.0 Å². The standard InChI is InChI=1S/C30H30N4O4/c1-30(2,3)38-29(37)31-18-13-14-25-27(20-10-6-8-12-24(20)33(25)16-18)34-26(35)15-21(28(34)36)22-17-32(4)23-11-7-5-9-19(22)23/h5-12,15,17-18H,13-14,16H2,1-4H3,(H,31,37). The van der Waals surface area contributed by atoms with E-state index in [9.17, 15) is 14.4 Å². The monoisotopic (exact) mass is 510 g/mol. The molecule has 8 heteroatoms. The van der Waals surface area contributed by atoms with Crippen LogP contribution in [0.2, 0.25) is 0 Å². The molecule has 0 radical (unpaired) electrons. The average molecular weight is 511 g/mol. The van der Waals surface area contributed by atoms with Gasteiger partial charge < -0.3 is 19.2 Å². The van der Waals surface area contributed by atoms with E-state index in [1.54, 1.807) is 0 Å². The van der Waals surface area contributed by atoms with Crippen molar-refractivity contribution in [2.75, 3.05) is 4.90 Å². The third-order valence-corrected chi connectivity index (χ3v) is 7.23. The van der Waals surface area contributed by atoms with Crippen molar-refractivity contribution in [3.05, 3.63) is 72.1 Å². The second kappa shape index (κ2) is 8.62. The summed E-state index contributed by atoms with van der Waals surface area (Å²) in [7, 11) is 1.94. The Kier molecular flexibility index (Phi) is 5.45. The molecule has 1 N–H and O–H groups in total. The number of hydrogen-bond donors (Lipinski definition) is 1. The minimum Gasteiger partial charge on any atom is -0.444 e. The lowest BCUT2D eigenvalue weighted by Crippen LogP contribution is -2.43. The molecule has 6 rings (SSSR count). The number of anilines is 1. The first-order chi connectivity index (χ1) is 18.1. The fraction of sp³-hybridized carbons (Fsp3) is 0.300. The fourth-order valence-electron chi connectivity index (χ4n) is 5.70. The van der Waals surface area contributed by atoms with Gasteiger partial charge in [-0.25, -0.2) is 9.69 Å². The third kappa shape index (κ3) is 3.88. The predicted molar refractivity (Wildman–Crippen MR) is 147 cm³/mol. The summed E-state index contributed by atoms with van der Waals surface area (Å²) in [6, 6.07) is 15.5. The molecule has 2 aliphatic rings. The number of hydrogen-bond acceptors (Lipinski definition) is 4. The summed E-state index contributed by atoms with van der Waals surface area (Å²) in [6.45, 7) is 6.03. The quantitative estimate of drug-likeness (QED) is 0.396. The van der Waals surface area contributed by atoms with Gasteiger partial charge in [-0.15, -0.1) is 0 Å². The molecule has 38 heavy (non-hydrogen) atoms. The van der Waals surface area contributed by atoms with Crippen LogP contribution < -0.4 is 10.2 Å². The highest BCUT2D eigenvalue weighted by Gasteiger charge is 2.39. The molecule has 0 bridgehead atoms. The van der Waals surface area contributed by atoms with Crippen LogP contribution in [0.3, 0.4) is 0 Å². The summed E-state index contributed by atoms with van der Waals surface area (Å²) in [5, 5.41) is 4.76. The Bertz CT molecular complexity index is 1670. The Labute approximate surface area is 220 Å². The summed E-state index contributed by atoms with van der Waals surface area (Å²) in [5.74, 6) is -0.661. The molecule has 2 aromatic carbocycles. The Balaban J connectivity index is 1.37.